The molecule has 1 aliphatic rings. The molecule has 0 N–H and O–H groups in total. The van der Waals surface area contributed by atoms with Crippen molar-refractivity contribution in [1.29, 1.82) is 0 Å². The molecule has 0 heterocycles. The lowest BCUT2D eigenvalue weighted by molar-refractivity contribution is 0.768. The smallest absolute Gasteiger partial charge is 0.0714 e. The third-order valence-corrected chi connectivity index (χ3v) is 5.89. The Morgan fingerprint density at radius 2 is 0.963 bits per heavy atom. The highest BCUT2D eigenvalue weighted by Crippen LogP contribution is 2.56. The van der Waals surface area contributed by atoms with Gasteiger partial charge in [0.25, 0.3) is 0 Å². The maximum atomic E-state index is 6.45. The molecule has 0 fully saturated rings. The Hall–Kier alpha value is -2.54. The van der Waals surface area contributed by atoms with Crippen molar-refractivity contribution in [2.24, 2.45) is 0 Å². The number of hydrogen-bond donors (Lipinski definition) is 0. The number of rotatable bonds is 2. The Bertz CT molecular complexity index is 1080. The van der Waals surface area contributed by atoms with E-state index in [0.717, 1.165) is 5.56 Å². The summed E-state index contributed by atoms with van der Waals surface area (Å²) in [5.41, 5.74) is 6.89. The molecule has 27 heavy (non-hydrogen) atoms. The first-order valence-corrected chi connectivity index (χ1v) is 9.68. The molecule has 1 aliphatic carbocycles. The third kappa shape index (κ3) is 2.37. The van der Waals surface area contributed by atoms with Crippen molar-refractivity contribution in [3.63, 3.8) is 0 Å². The fraction of sp³-hybridized carbons (Fsp3) is 0.0400. The van der Waals surface area contributed by atoms with Gasteiger partial charge in [0, 0.05) is 10.0 Å². The van der Waals surface area contributed by atoms with Crippen molar-refractivity contribution in [2.45, 2.75) is 5.41 Å². The second-order valence-electron chi connectivity index (χ2n) is 6.87. The van der Waals surface area contributed by atoms with E-state index in [1.807, 2.05) is 12.1 Å². The molecule has 2 heteroatoms. The summed E-state index contributed by atoms with van der Waals surface area (Å²) in [6, 6.07) is 33.7. The van der Waals surface area contributed by atoms with E-state index in [4.69, 9.17) is 23.2 Å². The van der Waals surface area contributed by atoms with Gasteiger partial charge in [0.05, 0.1) is 5.41 Å². The van der Waals surface area contributed by atoms with Crippen molar-refractivity contribution >= 4 is 23.2 Å². The fourth-order valence-electron chi connectivity index (χ4n) is 4.48. The van der Waals surface area contributed by atoms with Gasteiger partial charge in [-0.15, -0.1) is 0 Å². The van der Waals surface area contributed by atoms with E-state index in [9.17, 15) is 0 Å². The summed E-state index contributed by atoms with van der Waals surface area (Å²) in [6.07, 6.45) is 0. The molecular formula is C25H16Cl2. The zero-order valence-corrected chi connectivity index (χ0v) is 16.0. The highest BCUT2D eigenvalue weighted by Gasteiger charge is 2.45. The monoisotopic (exact) mass is 386 g/mol. The molecular weight excluding hydrogens is 371 g/mol. The zero-order valence-electron chi connectivity index (χ0n) is 14.5. The van der Waals surface area contributed by atoms with Gasteiger partial charge in [0.1, 0.15) is 0 Å². The number of benzene rings is 4. The minimum atomic E-state index is -0.441. The van der Waals surface area contributed by atoms with E-state index < -0.39 is 5.41 Å². The molecule has 0 saturated carbocycles. The molecule has 5 rings (SSSR count). The van der Waals surface area contributed by atoms with Crippen LogP contribution in [0.25, 0.3) is 11.1 Å². The molecule has 0 bridgehead atoms. The lowest BCUT2D eigenvalue weighted by Crippen LogP contribution is -2.28. The standard InChI is InChI=1S/C25H16Cl2/c26-19-14-18(15-20(27)16-19)25(17-8-2-1-3-9-17)23-12-6-4-10-21(23)22-11-5-7-13-24(22)25/h1-16H. The molecule has 4 aromatic carbocycles. The van der Waals surface area contributed by atoms with Gasteiger partial charge in [-0.05, 0) is 51.6 Å². The largest absolute Gasteiger partial charge is 0.0843 e. The first kappa shape index (κ1) is 16.6. The molecule has 0 spiro atoms. The van der Waals surface area contributed by atoms with Crippen LogP contribution in [-0.2, 0) is 5.41 Å². The van der Waals surface area contributed by atoms with E-state index in [0.29, 0.717) is 10.0 Å². The molecule has 4 aromatic rings. The average molecular weight is 387 g/mol. The number of fused-ring (bicyclic) bond motifs is 3. The molecule has 0 unspecified atom stereocenters. The molecule has 0 nitrogen and oxygen atoms in total. The third-order valence-electron chi connectivity index (χ3n) is 5.45. The van der Waals surface area contributed by atoms with Crippen LogP contribution in [0.5, 0.6) is 0 Å². The first-order valence-electron chi connectivity index (χ1n) is 8.93. The molecule has 0 atom stereocenters. The van der Waals surface area contributed by atoms with E-state index in [1.165, 1.54) is 27.8 Å². The van der Waals surface area contributed by atoms with Crippen LogP contribution < -0.4 is 0 Å². The molecule has 0 saturated heterocycles. The van der Waals surface area contributed by atoms with Gasteiger partial charge in [0.15, 0.2) is 0 Å². The van der Waals surface area contributed by atoms with Gasteiger partial charge in [0.2, 0.25) is 0 Å². The zero-order chi connectivity index (χ0) is 18.4. The van der Waals surface area contributed by atoms with Crippen molar-refractivity contribution in [2.75, 3.05) is 0 Å². The quantitative estimate of drug-likeness (QED) is 0.297. The van der Waals surface area contributed by atoms with Crippen molar-refractivity contribution in [3.05, 3.63) is 129 Å². The predicted molar refractivity (Wildman–Crippen MR) is 114 cm³/mol. The molecule has 130 valence electrons. The Balaban J connectivity index is 1.99. The summed E-state index contributed by atoms with van der Waals surface area (Å²) in [6.45, 7) is 0. The highest BCUT2D eigenvalue weighted by molar-refractivity contribution is 6.34. The van der Waals surface area contributed by atoms with E-state index in [2.05, 4.69) is 78.9 Å². The van der Waals surface area contributed by atoms with E-state index in [-0.39, 0.29) is 0 Å². The van der Waals surface area contributed by atoms with Crippen LogP contribution in [0.1, 0.15) is 22.3 Å². The SMILES string of the molecule is Clc1cc(Cl)cc(C2(c3ccccc3)c3ccccc3-c3ccccc32)c1. The summed E-state index contributed by atoms with van der Waals surface area (Å²) < 4.78 is 0. The molecule has 0 aliphatic heterocycles. The lowest BCUT2D eigenvalue weighted by Gasteiger charge is -2.34. The van der Waals surface area contributed by atoms with Crippen molar-refractivity contribution in [1.82, 2.24) is 0 Å². The normalized spacial score (nSPS) is 13.9. The molecule has 0 amide bonds. The lowest BCUT2D eigenvalue weighted by atomic mass is 9.68. The minimum absolute atomic E-state index is 0.441. The van der Waals surface area contributed by atoms with Gasteiger partial charge in [-0.2, -0.15) is 0 Å². The highest BCUT2D eigenvalue weighted by atomic mass is 35.5. The Labute approximate surface area is 169 Å². The summed E-state index contributed by atoms with van der Waals surface area (Å²) in [5, 5.41) is 1.30. The van der Waals surface area contributed by atoms with Crippen LogP contribution in [0.2, 0.25) is 10.0 Å². The second kappa shape index (κ2) is 6.27. The number of halogens is 2. The second-order valence-corrected chi connectivity index (χ2v) is 7.74. The summed E-state index contributed by atoms with van der Waals surface area (Å²) >= 11 is 12.9. The van der Waals surface area contributed by atoms with Gasteiger partial charge in [-0.3, -0.25) is 0 Å². The average Bonchev–Trinajstić information content (AvgIpc) is 2.99. The van der Waals surface area contributed by atoms with Crippen LogP contribution in [0, 0.1) is 0 Å². The summed E-state index contributed by atoms with van der Waals surface area (Å²) in [4.78, 5) is 0. The van der Waals surface area contributed by atoms with Gasteiger partial charge in [-0.1, -0.05) is 102 Å². The summed E-state index contributed by atoms with van der Waals surface area (Å²) in [7, 11) is 0. The van der Waals surface area contributed by atoms with E-state index in [1.54, 1.807) is 6.07 Å². The molecule has 0 radical (unpaired) electrons. The van der Waals surface area contributed by atoms with Crippen LogP contribution in [0.15, 0.2) is 97.1 Å². The minimum Gasteiger partial charge on any atom is -0.0843 e. The van der Waals surface area contributed by atoms with Crippen molar-refractivity contribution < 1.29 is 0 Å². The van der Waals surface area contributed by atoms with Crippen LogP contribution in [0.4, 0.5) is 0 Å². The first-order chi connectivity index (χ1) is 13.2. The summed E-state index contributed by atoms with van der Waals surface area (Å²) in [5.74, 6) is 0. The van der Waals surface area contributed by atoms with Crippen LogP contribution >= 0.6 is 23.2 Å². The Kier molecular flexibility index (Phi) is 3.86. The van der Waals surface area contributed by atoms with Gasteiger partial charge >= 0.3 is 0 Å². The van der Waals surface area contributed by atoms with Crippen LogP contribution in [0.3, 0.4) is 0 Å². The van der Waals surface area contributed by atoms with Crippen LogP contribution in [-0.4, -0.2) is 0 Å². The molecule has 0 aromatic heterocycles. The van der Waals surface area contributed by atoms with Gasteiger partial charge in [-0.25, -0.2) is 0 Å². The Morgan fingerprint density at radius 1 is 0.481 bits per heavy atom. The predicted octanol–water partition coefficient (Wildman–Crippen LogP) is 7.36. The number of hydrogen-bond acceptors (Lipinski definition) is 0. The maximum Gasteiger partial charge on any atom is 0.0714 e. The van der Waals surface area contributed by atoms with Crippen molar-refractivity contribution in [3.8, 4) is 11.1 Å². The van der Waals surface area contributed by atoms with E-state index >= 15 is 0 Å². The van der Waals surface area contributed by atoms with Gasteiger partial charge < -0.3 is 0 Å². The maximum absolute atomic E-state index is 6.45. The Morgan fingerprint density at radius 3 is 1.52 bits per heavy atom. The fourth-order valence-corrected chi connectivity index (χ4v) is 5.01. The topological polar surface area (TPSA) is 0 Å².